The second-order valence-electron chi connectivity index (χ2n) is 6.33. The molecule has 0 spiro atoms. The monoisotopic (exact) mass is 280 g/mol. The number of ether oxygens (including phenoxy) is 1. The summed E-state index contributed by atoms with van der Waals surface area (Å²) in [6.07, 6.45) is 4.34. The van der Waals surface area contributed by atoms with E-state index in [0.717, 1.165) is 19.3 Å². The molecular weight excluding hydrogens is 256 g/mol. The van der Waals surface area contributed by atoms with E-state index in [1.54, 1.807) is 11.3 Å². The molecular formula is C16H24O2S. The molecule has 1 saturated carbocycles. The zero-order valence-electron chi connectivity index (χ0n) is 12.1. The van der Waals surface area contributed by atoms with Crippen molar-refractivity contribution >= 4 is 17.3 Å². The number of rotatable bonds is 4. The Balaban J connectivity index is 1.87. The molecule has 2 rings (SSSR count). The Labute approximate surface area is 120 Å². The summed E-state index contributed by atoms with van der Waals surface area (Å²) < 4.78 is 5.53. The van der Waals surface area contributed by atoms with Crippen LogP contribution in [0.2, 0.25) is 0 Å². The van der Waals surface area contributed by atoms with Crippen molar-refractivity contribution in [3.63, 3.8) is 0 Å². The van der Waals surface area contributed by atoms with E-state index in [-0.39, 0.29) is 17.3 Å². The van der Waals surface area contributed by atoms with Crippen molar-refractivity contribution in [1.82, 2.24) is 0 Å². The standard InChI is InChI=1S/C16H24O2S/c1-12-6-4-9-16(2,3)14(12)15(17)18-10-8-13-7-5-11-19-13/h5,7,11-12,14H,4,6,8-10H2,1-3H3. The van der Waals surface area contributed by atoms with Crippen LogP contribution in [-0.4, -0.2) is 12.6 Å². The van der Waals surface area contributed by atoms with Gasteiger partial charge in [0.05, 0.1) is 12.5 Å². The molecule has 0 amide bonds. The Bertz CT molecular complexity index is 408. The van der Waals surface area contributed by atoms with Gasteiger partial charge in [-0.2, -0.15) is 0 Å². The summed E-state index contributed by atoms with van der Waals surface area (Å²) in [5.74, 6) is 0.510. The van der Waals surface area contributed by atoms with Gasteiger partial charge in [0.25, 0.3) is 0 Å². The minimum absolute atomic E-state index is 0.00811. The van der Waals surface area contributed by atoms with Crippen molar-refractivity contribution < 1.29 is 9.53 Å². The quantitative estimate of drug-likeness (QED) is 0.769. The first-order valence-corrected chi connectivity index (χ1v) is 8.08. The summed E-state index contributed by atoms with van der Waals surface area (Å²) in [4.78, 5) is 13.6. The molecule has 0 aromatic carbocycles. The maximum atomic E-state index is 12.3. The van der Waals surface area contributed by atoms with Crippen LogP contribution in [0.1, 0.15) is 44.9 Å². The van der Waals surface area contributed by atoms with Crippen LogP contribution in [0.5, 0.6) is 0 Å². The SMILES string of the molecule is CC1CCCC(C)(C)C1C(=O)OCCc1cccs1. The van der Waals surface area contributed by atoms with E-state index < -0.39 is 0 Å². The molecule has 0 aliphatic heterocycles. The van der Waals surface area contributed by atoms with Crippen molar-refractivity contribution in [2.75, 3.05) is 6.61 Å². The summed E-state index contributed by atoms with van der Waals surface area (Å²) in [6, 6.07) is 4.12. The van der Waals surface area contributed by atoms with Crippen LogP contribution in [0.3, 0.4) is 0 Å². The highest BCUT2D eigenvalue weighted by Crippen LogP contribution is 2.44. The Hall–Kier alpha value is -0.830. The van der Waals surface area contributed by atoms with Crippen LogP contribution < -0.4 is 0 Å². The molecule has 1 fully saturated rings. The van der Waals surface area contributed by atoms with Gasteiger partial charge >= 0.3 is 5.97 Å². The van der Waals surface area contributed by atoms with Crippen LogP contribution in [-0.2, 0) is 16.0 Å². The van der Waals surface area contributed by atoms with E-state index in [1.165, 1.54) is 11.3 Å². The summed E-state index contributed by atoms with van der Waals surface area (Å²) >= 11 is 1.72. The van der Waals surface area contributed by atoms with Gasteiger partial charge in [0.15, 0.2) is 0 Å². The number of hydrogen-bond donors (Lipinski definition) is 0. The van der Waals surface area contributed by atoms with Crippen LogP contribution in [0.15, 0.2) is 17.5 Å². The smallest absolute Gasteiger partial charge is 0.309 e. The van der Waals surface area contributed by atoms with E-state index in [0.29, 0.717) is 12.5 Å². The van der Waals surface area contributed by atoms with E-state index in [2.05, 4.69) is 32.2 Å². The Morgan fingerprint density at radius 3 is 2.95 bits per heavy atom. The van der Waals surface area contributed by atoms with Crippen LogP contribution in [0.25, 0.3) is 0 Å². The van der Waals surface area contributed by atoms with Crippen molar-refractivity contribution in [1.29, 1.82) is 0 Å². The van der Waals surface area contributed by atoms with Crippen LogP contribution in [0.4, 0.5) is 0 Å². The highest BCUT2D eigenvalue weighted by Gasteiger charge is 2.42. The summed E-state index contributed by atoms with van der Waals surface area (Å²) in [5.41, 5.74) is 0.0810. The first kappa shape index (κ1) is 14.6. The van der Waals surface area contributed by atoms with E-state index in [9.17, 15) is 4.79 Å². The molecule has 2 nitrogen and oxygen atoms in total. The number of esters is 1. The number of carbonyl (C=O) groups excluding carboxylic acids is 1. The van der Waals surface area contributed by atoms with E-state index in [4.69, 9.17) is 4.74 Å². The molecule has 1 aliphatic carbocycles. The van der Waals surface area contributed by atoms with Gasteiger partial charge in [-0.25, -0.2) is 0 Å². The van der Waals surface area contributed by atoms with Crippen LogP contribution >= 0.6 is 11.3 Å². The summed E-state index contributed by atoms with van der Waals surface area (Å²) in [7, 11) is 0. The van der Waals surface area contributed by atoms with Crippen molar-refractivity contribution in [3.05, 3.63) is 22.4 Å². The highest BCUT2D eigenvalue weighted by atomic mass is 32.1. The predicted molar refractivity (Wildman–Crippen MR) is 79.3 cm³/mol. The van der Waals surface area contributed by atoms with Gasteiger partial charge < -0.3 is 4.74 Å². The molecule has 1 heterocycles. The summed E-state index contributed by atoms with van der Waals surface area (Å²) in [5, 5.41) is 2.06. The van der Waals surface area contributed by atoms with Gasteiger partial charge in [-0.3, -0.25) is 4.79 Å². The Morgan fingerprint density at radius 1 is 1.53 bits per heavy atom. The third-order valence-corrected chi connectivity index (χ3v) is 5.25. The maximum Gasteiger partial charge on any atom is 0.309 e. The molecule has 1 aromatic heterocycles. The average Bonchev–Trinajstić information content (AvgIpc) is 2.80. The molecule has 0 bridgehead atoms. The van der Waals surface area contributed by atoms with Crippen molar-refractivity contribution in [3.8, 4) is 0 Å². The topological polar surface area (TPSA) is 26.3 Å². The average molecular weight is 280 g/mol. The fraction of sp³-hybridized carbons (Fsp3) is 0.688. The lowest BCUT2D eigenvalue weighted by molar-refractivity contribution is -0.157. The van der Waals surface area contributed by atoms with E-state index in [1.807, 2.05) is 6.07 Å². The van der Waals surface area contributed by atoms with Gasteiger partial charge in [-0.1, -0.05) is 33.3 Å². The van der Waals surface area contributed by atoms with Gasteiger partial charge in [0.1, 0.15) is 0 Å². The molecule has 2 unspecified atom stereocenters. The highest BCUT2D eigenvalue weighted by molar-refractivity contribution is 7.09. The van der Waals surface area contributed by atoms with Gasteiger partial charge in [-0.05, 0) is 35.6 Å². The predicted octanol–water partition coefficient (Wildman–Crippen LogP) is 4.30. The van der Waals surface area contributed by atoms with Gasteiger partial charge in [0.2, 0.25) is 0 Å². The molecule has 1 aromatic rings. The molecule has 19 heavy (non-hydrogen) atoms. The van der Waals surface area contributed by atoms with Crippen LogP contribution in [0, 0.1) is 17.3 Å². The van der Waals surface area contributed by atoms with E-state index >= 15 is 0 Å². The molecule has 0 saturated heterocycles. The minimum Gasteiger partial charge on any atom is -0.465 e. The first-order valence-electron chi connectivity index (χ1n) is 7.20. The third-order valence-electron chi connectivity index (χ3n) is 4.32. The lowest BCUT2D eigenvalue weighted by atomic mass is 9.64. The Kier molecular flexibility index (Phi) is 4.67. The fourth-order valence-corrected chi connectivity index (χ4v) is 4.01. The largest absolute Gasteiger partial charge is 0.465 e. The minimum atomic E-state index is 0.00811. The van der Waals surface area contributed by atoms with Gasteiger partial charge in [-0.15, -0.1) is 11.3 Å². The maximum absolute atomic E-state index is 12.3. The number of carbonyl (C=O) groups is 1. The molecule has 1 aliphatic rings. The lowest BCUT2D eigenvalue weighted by Gasteiger charge is -2.41. The molecule has 2 atom stereocenters. The molecule has 0 radical (unpaired) electrons. The fourth-order valence-electron chi connectivity index (χ4n) is 3.32. The Morgan fingerprint density at radius 2 is 2.32 bits per heavy atom. The number of hydrogen-bond acceptors (Lipinski definition) is 3. The molecule has 3 heteroatoms. The van der Waals surface area contributed by atoms with Gasteiger partial charge in [0, 0.05) is 11.3 Å². The summed E-state index contributed by atoms with van der Waals surface area (Å²) in [6.45, 7) is 7.10. The first-order chi connectivity index (χ1) is 9.00. The lowest BCUT2D eigenvalue weighted by Crippen LogP contribution is -2.40. The molecule has 106 valence electrons. The second kappa shape index (κ2) is 6.08. The normalized spacial score (nSPS) is 26.1. The second-order valence-corrected chi connectivity index (χ2v) is 7.36. The zero-order chi connectivity index (χ0) is 13.9. The van der Waals surface area contributed by atoms with Crippen molar-refractivity contribution in [2.45, 2.75) is 46.5 Å². The number of thiophene rings is 1. The zero-order valence-corrected chi connectivity index (χ0v) is 13.0. The third kappa shape index (κ3) is 3.59. The molecule has 0 N–H and O–H groups in total. The van der Waals surface area contributed by atoms with Crippen molar-refractivity contribution in [2.24, 2.45) is 17.3 Å².